The van der Waals surface area contributed by atoms with Crippen LogP contribution in [0.5, 0.6) is 0 Å². The van der Waals surface area contributed by atoms with E-state index in [0.29, 0.717) is 11.3 Å². The van der Waals surface area contributed by atoms with Crippen LogP contribution in [-0.2, 0) is 4.74 Å². The van der Waals surface area contributed by atoms with Gasteiger partial charge in [-0.3, -0.25) is 0 Å². The first-order chi connectivity index (χ1) is 10.0. The van der Waals surface area contributed by atoms with Crippen LogP contribution in [0.25, 0.3) is 0 Å². The predicted octanol–water partition coefficient (Wildman–Crippen LogP) is 3.34. The largest absolute Gasteiger partial charge is 0.458 e. The number of carbonyl (C=O) groups excluding carboxylic acids is 2. The van der Waals surface area contributed by atoms with Gasteiger partial charge in [0.1, 0.15) is 6.61 Å². The van der Waals surface area contributed by atoms with Crippen LogP contribution < -0.4 is 10.6 Å². The van der Waals surface area contributed by atoms with Gasteiger partial charge in [-0.15, -0.1) is 0 Å². The van der Waals surface area contributed by atoms with Crippen molar-refractivity contribution < 1.29 is 14.3 Å². The molecule has 0 saturated carbocycles. The number of esters is 1. The number of rotatable bonds is 6. The molecule has 1 rings (SSSR count). The van der Waals surface area contributed by atoms with Crippen molar-refractivity contribution in [1.29, 1.82) is 0 Å². The Morgan fingerprint density at radius 3 is 2.71 bits per heavy atom. The summed E-state index contributed by atoms with van der Waals surface area (Å²) in [6, 6.07) is 6.39. The van der Waals surface area contributed by atoms with Crippen molar-refractivity contribution in [3.8, 4) is 0 Å². The second-order valence-corrected chi connectivity index (χ2v) is 4.81. The van der Waals surface area contributed by atoms with Gasteiger partial charge in [0.25, 0.3) is 0 Å². The van der Waals surface area contributed by atoms with Crippen LogP contribution in [-0.4, -0.2) is 24.6 Å². The fourth-order valence-electron chi connectivity index (χ4n) is 1.60. The third-order valence-electron chi connectivity index (χ3n) is 2.49. The average Bonchev–Trinajstić information content (AvgIpc) is 2.42. The number of carbonyl (C=O) groups is 2. The van der Waals surface area contributed by atoms with Gasteiger partial charge in [-0.2, -0.15) is 0 Å². The SMILES string of the molecule is CC/C=C/COC(=O)c1cccc(NC(=O)NC(C)C)c1. The molecule has 0 spiro atoms. The minimum atomic E-state index is -0.413. The molecular weight excluding hydrogens is 268 g/mol. The van der Waals surface area contributed by atoms with Crippen LogP contribution >= 0.6 is 0 Å². The molecule has 0 radical (unpaired) electrons. The number of nitrogens with one attached hydrogen (secondary N) is 2. The van der Waals surface area contributed by atoms with Crippen LogP contribution in [0.2, 0.25) is 0 Å². The first-order valence-corrected chi connectivity index (χ1v) is 7.02. The number of ether oxygens (including phenoxy) is 1. The Kier molecular flexibility index (Phi) is 7.01. The smallest absolute Gasteiger partial charge is 0.338 e. The number of hydrogen-bond donors (Lipinski definition) is 2. The summed E-state index contributed by atoms with van der Waals surface area (Å²) < 4.78 is 5.10. The number of anilines is 1. The quantitative estimate of drug-likeness (QED) is 0.623. The molecule has 2 amide bonds. The van der Waals surface area contributed by atoms with Gasteiger partial charge in [-0.05, 0) is 38.5 Å². The van der Waals surface area contributed by atoms with Crippen LogP contribution in [0.3, 0.4) is 0 Å². The Balaban J connectivity index is 2.61. The van der Waals surface area contributed by atoms with Gasteiger partial charge in [0, 0.05) is 11.7 Å². The highest BCUT2D eigenvalue weighted by molar-refractivity contribution is 5.94. The highest BCUT2D eigenvalue weighted by Crippen LogP contribution is 2.11. The van der Waals surface area contributed by atoms with E-state index >= 15 is 0 Å². The van der Waals surface area contributed by atoms with E-state index in [-0.39, 0.29) is 18.7 Å². The molecule has 0 aliphatic carbocycles. The molecule has 114 valence electrons. The summed E-state index contributed by atoms with van der Waals surface area (Å²) >= 11 is 0. The van der Waals surface area contributed by atoms with Crippen LogP contribution in [0, 0.1) is 0 Å². The second kappa shape index (κ2) is 8.79. The molecule has 1 aromatic carbocycles. The normalized spacial score (nSPS) is 10.7. The molecule has 0 fully saturated rings. The molecule has 5 nitrogen and oxygen atoms in total. The van der Waals surface area contributed by atoms with Gasteiger partial charge in [0.05, 0.1) is 5.56 Å². The lowest BCUT2D eigenvalue weighted by molar-refractivity contribution is 0.0549. The molecule has 0 aliphatic rings. The maximum absolute atomic E-state index is 11.8. The Morgan fingerprint density at radius 1 is 1.29 bits per heavy atom. The Hall–Kier alpha value is -2.30. The summed E-state index contributed by atoms with van der Waals surface area (Å²) in [5.74, 6) is -0.413. The van der Waals surface area contributed by atoms with Crippen molar-refractivity contribution in [3.63, 3.8) is 0 Å². The molecule has 0 bridgehead atoms. The number of amides is 2. The summed E-state index contributed by atoms with van der Waals surface area (Å²) in [5, 5.41) is 5.39. The number of hydrogen-bond acceptors (Lipinski definition) is 3. The third-order valence-corrected chi connectivity index (χ3v) is 2.49. The average molecular weight is 290 g/mol. The third kappa shape index (κ3) is 6.61. The van der Waals surface area contributed by atoms with Gasteiger partial charge in [0.15, 0.2) is 0 Å². The minimum Gasteiger partial charge on any atom is -0.458 e. The molecule has 5 heteroatoms. The van der Waals surface area contributed by atoms with E-state index in [0.717, 1.165) is 6.42 Å². The van der Waals surface area contributed by atoms with Gasteiger partial charge in [-0.1, -0.05) is 25.1 Å². The first-order valence-electron chi connectivity index (χ1n) is 7.02. The Morgan fingerprint density at radius 2 is 2.05 bits per heavy atom. The maximum atomic E-state index is 11.8. The molecule has 2 N–H and O–H groups in total. The zero-order valence-corrected chi connectivity index (χ0v) is 12.7. The minimum absolute atomic E-state index is 0.0449. The molecule has 0 atom stereocenters. The van der Waals surface area contributed by atoms with Gasteiger partial charge in [-0.25, -0.2) is 9.59 Å². The van der Waals surface area contributed by atoms with E-state index in [1.807, 2.05) is 26.8 Å². The van der Waals surface area contributed by atoms with Crippen molar-refractivity contribution >= 4 is 17.7 Å². The highest BCUT2D eigenvalue weighted by atomic mass is 16.5. The predicted molar refractivity (Wildman–Crippen MR) is 83.4 cm³/mol. The lowest BCUT2D eigenvalue weighted by Crippen LogP contribution is -2.34. The van der Waals surface area contributed by atoms with Crippen molar-refractivity contribution in [2.24, 2.45) is 0 Å². The fraction of sp³-hybridized carbons (Fsp3) is 0.375. The number of urea groups is 1. The topological polar surface area (TPSA) is 67.4 Å². The second-order valence-electron chi connectivity index (χ2n) is 4.81. The van der Waals surface area contributed by atoms with Crippen LogP contribution in [0.15, 0.2) is 36.4 Å². The summed E-state index contributed by atoms with van der Waals surface area (Å²) in [6.45, 7) is 6.00. The lowest BCUT2D eigenvalue weighted by atomic mass is 10.2. The molecular formula is C16H22N2O3. The molecule has 0 heterocycles. The maximum Gasteiger partial charge on any atom is 0.338 e. The highest BCUT2D eigenvalue weighted by Gasteiger charge is 2.09. The van der Waals surface area contributed by atoms with Crippen LogP contribution in [0.1, 0.15) is 37.6 Å². The standard InChI is InChI=1S/C16H22N2O3/c1-4-5-6-10-21-15(19)13-8-7-9-14(11-13)18-16(20)17-12(2)3/h5-9,11-12H,4,10H2,1-3H3,(H2,17,18,20)/b6-5+. The van der Waals surface area contributed by atoms with E-state index in [1.165, 1.54) is 0 Å². The zero-order chi connectivity index (χ0) is 15.7. The van der Waals surface area contributed by atoms with E-state index in [9.17, 15) is 9.59 Å². The van der Waals surface area contributed by atoms with E-state index in [2.05, 4.69) is 10.6 Å². The van der Waals surface area contributed by atoms with Crippen LogP contribution in [0.4, 0.5) is 10.5 Å². The van der Waals surface area contributed by atoms with Gasteiger partial charge < -0.3 is 15.4 Å². The zero-order valence-electron chi connectivity index (χ0n) is 12.7. The van der Waals surface area contributed by atoms with E-state index in [4.69, 9.17) is 4.74 Å². The number of allylic oxidation sites excluding steroid dienone is 1. The van der Waals surface area contributed by atoms with E-state index in [1.54, 1.807) is 30.3 Å². The summed E-state index contributed by atoms with van der Waals surface area (Å²) in [4.78, 5) is 23.4. The van der Waals surface area contributed by atoms with Crippen molar-refractivity contribution in [2.45, 2.75) is 33.2 Å². The summed E-state index contributed by atoms with van der Waals surface area (Å²) in [5.41, 5.74) is 0.953. The lowest BCUT2D eigenvalue weighted by Gasteiger charge is -2.10. The van der Waals surface area contributed by atoms with Gasteiger partial charge >= 0.3 is 12.0 Å². The van der Waals surface area contributed by atoms with E-state index < -0.39 is 5.97 Å². The Labute approximate surface area is 125 Å². The molecule has 1 aromatic rings. The van der Waals surface area contributed by atoms with Gasteiger partial charge in [0.2, 0.25) is 0 Å². The first kappa shape index (κ1) is 16.8. The molecule has 0 aliphatic heterocycles. The molecule has 0 aromatic heterocycles. The van der Waals surface area contributed by atoms with Crippen molar-refractivity contribution in [2.75, 3.05) is 11.9 Å². The summed E-state index contributed by atoms with van der Waals surface area (Å²) in [6.07, 6.45) is 4.64. The Bertz CT molecular complexity index is 510. The molecule has 21 heavy (non-hydrogen) atoms. The van der Waals surface area contributed by atoms with Crippen molar-refractivity contribution in [3.05, 3.63) is 42.0 Å². The molecule has 0 unspecified atom stereocenters. The van der Waals surface area contributed by atoms with Crippen molar-refractivity contribution in [1.82, 2.24) is 5.32 Å². The monoisotopic (exact) mass is 290 g/mol. The summed E-state index contributed by atoms with van der Waals surface area (Å²) in [7, 11) is 0. The molecule has 0 saturated heterocycles. The fourth-order valence-corrected chi connectivity index (χ4v) is 1.60. The number of benzene rings is 1.